The van der Waals surface area contributed by atoms with Gasteiger partial charge in [0.25, 0.3) is 0 Å². The van der Waals surface area contributed by atoms with Gasteiger partial charge in [0.15, 0.2) is 0 Å². The molecule has 2 spiro atoms. The molecule has 4 aliphatic rings. The minimum absolute atomic E-state index is 0.506. The SMILES string of the molecule is CCc1ccc(N(c2ccccc2)c2ccc3c4c(ccc3c2)-c2ccc3cc(-c5cccc(N(c6ccc(C)cc6)c6ccc7c8c(ccc7c6)-c6ccc7ccccc7c6C86c7ccccc7-c7ccccc76)c5)ccc3c2C42c3ccccc3-c3ccccc32)cc1. The van der Waals surface area contributed by atoms with E-state index in [9.17, 15) is 0 Å². The number of hydrogen-bond donors (Lipinski definition) is 0. The minimum atomic E-state index is -0.575. The first kappa shape index (κ1) is 53.8. The van der Waals surface area contributed by atoms with Crippen molar-refractivity contribution >= 4 is 77.2 Å². The van der Waals surface area contributed by atoms with E-state index in [1.807, 2.05) is 0 Å². The van der Waals surface area contributed by atoms with E-state index in [1.165, 1.54) is 149 Å². The van der Waals surface area contributed by atoms with E-state index in [1.54, 1.807) is 0 Å². The van der Waals surface area contributed by atoms with Gasteiger partial charge >= 0.3 is 0 Å². The zero-order valence-corrected chi connectivity index (χ0v) is 52.8. The van der Waals surface area contributed by atoms with Crippen LogP contribution in [0, 0.1) is 6.92 Å². The fourth-order valence-corrected chi connectivity index (χ4v) is 17.9. The van der Waals surface area contributed by atoms with Crippen molar-refractivity contribution in [2.75, 3.05) is 9.80 Å². The van der Waals surface area contributed by atoms with E-state index in [4.69, 9.17) is 0 Å². The number of benzene rings is 16. The second kappa shape index (κ2) is 20.3. The average Bonchev–Trinajstić information content (AvgIpc) is 1.51. The van der Waals surface area contributed by atoms with Gasteiger partial charge < -0.3 is 9.80 Å². The molecule has 444 valence electrons. The first-order chi connectivity index (χ1) is 47.0. The summed E-state index contributed by atoms with van der Waals surface area (Å²) in [5, 5.41) is 10.0. The van der Waals surface area contributed by atoms with Crippen LogP contribution in [0.3, 0.4) is 0 Å². The standard InChI is InChI=1S/C93H62N2/c1-3-59-34-43-68(44-35-59)94(66-20-5-4-6-21-66)70-45-52-74-64(56-70)39-51-83-81-49-38-63-54-62(37-47-73(63)89(81)93(91(74)83)86-30-15-11-26-78(86)79-27-12-16-31-87(79)93)61-19-17-22-69(55-61)95(67-41-32-58(2)33-42-67)71-46-53-75-65(57-71)40-50-82-80-48-36-60-18-7-8-23-72(60)88(80)92(90(75)82)84-28-13-9-24-76(84)77-25-10-14-29-85(77)92/h4-57H,3H2,1-2H3. The Morgan fingerprint density at radius 2 is 0.600 bits per heavy atom. The molecule has 2 nitrogen and oxygen atoms in total. The van der Waals surface area contributed by atoms with Gasteiger partial charge in [-0.25, -0.2) is 0 Å². The maximum Gasteiger partial charge on any atom is 0.0737 e. The zero-order chi connectivity index (χ0) is 62.7. The largest absolute Gasteiger partial charge is 0.310 e. The summed E-state index contributed by atoms with van der Waals surface area (Å²) in [5.74, 6) is 0. The molecule has 2 heteroatoms. The number of fused-ring (bicyclic) bond motifs is 28. The van der Waals surface area contributed by atoms with Crippen LogP contribution in [0.25, 0.3) is 98.7 Å². The third-order valence-electron chi connectivity index (χ3n) is 21.8. The van der Waals surface area contributed by atoms with E-state index < -0.39 is 10.8 Å². The van der Waals surface area contributed by atoms with E-state index in [-0.39, 0.29) is 0 Å². The molecule has 16 aromatic rings. The zero-order valence-electron chi connectivity index (χ0n) is 52.8. The Morgan fingerprint density at radius 3 is 1.11 bits per heavy atom. The van der Waals surface area contributed by atoms with Gasteiger partial charge in [0.05, 0.1) is 10.8 Å². The lowest BCUT2D eigenvalue weighted by molar-refractivity contribution is 0.809. The quantitative estimate of drug-likeness (QED) is 0.150. The molecule has 0 saturated carbocycles. The summed E-state index contributed by atoms with van der Waals surface area (Å²) >= 11 is 0. The lowest BCUT2D eigenvalue weighted by atomic mass is 9.68. The highest BCUT2D eigenvalue weighted by Gasteiger charge is 2.55. The molecule has 16 aromatic carbocycles. The summed E-state index contributed by atoms with van der Waals surface area (Å²) in [6.45, 7) is 4.39. The summed E-state index contributed by atoms with van der Waals surface area (Å²) in [6.07, 6.45) is 1.00. The lowest BCUT2D eigenvalue weighted by Crippen LogP contribution is -2.26. The molecule has 4 aliphatic carbocycles. The average molecular weight is 1210 g/mol. The first-order valence-electron chi connectivity index (χ1n) is 33.5. The van der Waals surface area contributed by atoms with E-state index in [0.29, 0.717) is 0 Å². The topological polar surface area (TPSA) is 6.48 Å². The van der Waals surface area contributed by atoms with Gasteiger partial charge in [0.2, 0.25) is 0 Å². The van der Waals surface area contributed by atoms with Gasteiger partial charge in [0, 0.05) is 34.1 Å². The van der Waals surface area contributed by atoms with Crippen molar-refractivity contribution in [2.45, 2.75) is 31.1 Å². The Morgan fingerprint density at radius 1 is 0.242 bits per heavy atom. The Balaban J connectivity index is 0.731. The van der Waals surface area contributed by atoms with Gasteiger partial charge in [0.1, 0.15) is 0 Å². The Bertz CT molecular complexity index is 5820. The fraction of sp³-hybridized carbons (Fsp3) is 0.0538. The second-order valence-corrected chi connectivity index (χ2v) is 26.5. The second-order valence-electron chi connectivity index (χ2n) is 26.5. The molecule has 0 unspecified atom stereocenters. The predicted octanol–water partition coefficient (Wildman–Crippen LogP) is 24.5. The van der Waals surface area contributed by atoms with Crippen LogP contribution >= 0.6 is 0 Å². The van der Waals surface area contributed by atoms with Crippen molar-refractivity contribution < 1.29 is 0 Å². The van der Waals surface area contributed by atoms with E-state index in [2.05, 4.69) is 351 Å². The Labute approximate surface area is 553 Å². The molecule has 0 aromatic heterocycles. The highest BCUT2D eigenvalue weighted by Crippen LogP contribution is 2.68. The predicted molar refractivity (Wildman–Crippen MR) is 398 cm³/mol. The number of aryl methyl sites for hydroxylation is 2. The van der Waals surface area contributed by atoms with E-state index >= 15 is 0 Å². The van der Waals surface area contributed by atoms with Crippen molar-refractivity contribution in [3.63, 3.8) is 0 Å². The van der Waals surface area contributed by atoms with Crippen molar-refractivity contribution in [3.8, 4) is 55.6 Å². The van der Waals surface area contributed by atoms with Gasteiger partial charge in [-0.2, -0.15) is 0 Å². The molecule has 0 saturated heterocycles. The van der Waals surface area contributed by atoms with Crippen LogP contribution in [0.4, 0.5) is 34.1 Å². The normalized spacial score (nSPS) is 13.6. The van der Waals surface area contributed by atoms with Crippen molar-refractivity contribution in [1.29, 1.82) is 0 Å². The molecule has 0 fully saturated rings. The number of anilines is 6. The molecule has 95 heavy (non-hydrogen) atoms. The smallest absolute Gasteiger partial charge is 0.0737 e. The molecular weight excluding hydrogens is 1150 g/mol. The summed E-state index contributed by atoms with van der Waals surface area (Å²) in [5.41, 5.74) is 31.8. The molecule has 0 N–H and O–H groups in total. The van der Waals surface area contributed by atoms with Crippen LogP contribution in [-0.4, -0.2) is 0 Å². The van der Waals surface area contributed by atoms with Gasteiger partial charge in [-0.15, -0.1) is 0 Å². The first-order valence-corrected chi connectivity index (χ1v) is 33.5. The monoisotopic (exact) mass is 1210 g/mol. The Kier molecular flexibility index (Phi) is 11.5. The maximum atomic E-state index is 2.45. The van der Waals surface area contributed by atoms with Crippen LogP contribution in [0.2, 0.25) is 0 Å². The maximum absolute atomic E-state index is 2.45. The molecule has 0 atom stereocenters. The molecule has 0 amide bonds. The van der Waals surface area contributed by atoms with Crippen LogP contribution in [-0.2, 0) is 17.3 Å². The van der Waals surface area contributed by atoms with Crippen LogP contribution < -0.4 is 9.80 Å². The minimum Gasteiger partial charge on any atom is -0.310 e. The number of rotatable bonds is 8. The lowest BCUT2D eigenvalue weighted by Gasteiger charge is -2.33. The summed E-state index contributed by atoms with van der Waals surface area (Å²) in [4.78, 5) is 4.85. The molecule has 0 radical (unpaired) electrons. The molecule has 0 aliphatic heterocycles. The molecule has 20 rings (SSSR count). The van der Waals surface area contributed by atoms with Crippen molar-refractivity contribution in [1.82, 2.24) is 0 Å². The number of nitrogens with zero attached hydrogens (tertiary/aromatic N) is 2. The third-order valence-corrected chi connectivity index (χ3v) is 21.8. The van der Waals surface area contributed by atoms with Crippen molar-refractivity contribution in [2.24, 2.45) is 0 Å². The summed E-state index contributed by atoms with van der Waals surface area (Å²) in [7, 11) is 0. The van der Waals surface area contributed by atoms with Crippen molar-refractivity contribution in [3.05, 3.63) is 383 Å². The highest BCUT2D eigenvalue weighted by atomic mass is 15.1. The van der Waals surface area contributed by atoms with E-state index in [0.717, 1.165) is 46.1 Å². The van der Waals surface area contributed by atoms with Crippen LogP contribution in [0.15, 0.2) is 328 Å². The van der Waals surface area contributed by atoms with Crippen LogP contribution in [0.1, 0.15) is 62.6 Å². The third kappa shape index (κ3) is 7.45. The highest BCUT2D eigenvalue weighted by molar-refractivity contribution is 6.12. The number of para-hydroxylation sites is 1. The van der Waals surface area contributed by atoms with Gasteiger partial charge in [-0.05, 0) is 241 Å². The number of hydrogen-bond acceptors (Lipinski definition) is 2. The fourth-order valence-electron chi connectivity index (χ4n) is 17.9. The molecule has 0 heterocycles. The van der Waals surface area contributed by atoms with Crippen LogP contribution in [0.5, 0.6) is 0 Å². The molecule has 0 bridgehead atoms. The van der Waals surface area contributed by atoms with Gasteiger partial charge in [-0.3, -0.25) is 0 Å². The summed E-state index contributed by atoms with van der Waals surface area (Å²) in [6, 6.07) is 125. The van der Waals surface area contributed by atoms with Gasteiger partial charge in [-0.1, -0.05) is 261 Å². The Hall–Kier alpha value is -11.8. The summed E-state index contributed by atoms with van der Waals surface area (Å²) < 4.78 is 0. The molecular formula is C93H62N2.